The number of pyridine rings is 1. The molecule has 4 rings (SSSR count). The molecule has 0 fully saturated rings. The Hall–Kier alpha value is -3.92. The number of carbonyl (C=O) groups is 1. The maximum absolute atomic E-state index is 13.3. The van der Waals surface area contributed by atoms with E-state index in [1.54, 1.807) is 24.4 Å². The van der Waals surface area contributed by atoms with Gasteiger partial charge in [0.1, 0.15) is 5.82 Å². The SMILES string of the molecule is CN(C)CCCNc1cc(CNc2ccccc2C(=O)Nc2ccc3c(c2)OC(F)(F)O3)ccn1. The van der Waals surface area contributed by atoms with Crippen molar-refractivity contribution in [2.24, 2.45) is 0 Å². The lowest BCUT2D eigenvalue weighted by atomic mass is 10.1. The third-order valence-electron chi connectivity index (χ3n) is 5.23. The summed E-state index contributed by atoms with van der Waals surface area (Å²) < 4.78 is 35.4. The number of ether oxygens (including phenoxy) is 2. The first-order valence-corrected chi connectivity index (χ1v) is 11.2. The fraction of sp³-hybridized carbons (Fsp3) is 0.280. The Kier molecular flexibility index (Phi) is 7.31. The van der Waals surface area contributed by atoms with Gasteiger partial charge in [0.15, 0.2) is 11.5 Å². The predicted molar refractivity (Wildman–Crippen MR) is 130 cm³/mol. The Morgan fingerprint density at radius 3 is 2.66 bits per heavy atom. The molecule has 10 heteroatoms. The number of halogens is 2. The number of benzene rings is 2. The first-order valence-electron chi connectivity index (χ1n) is 11.2. The molecule has 8 nitrogen and oxygen atoms in total. The van der Waals surface area contributed by atoms with Crippen LogP contribution in [0, 0.1) is 0 Å². The van der Waals surface area contributed by atoms with Crippen LogP contribution in [0.15, 0.2) is 60.8 Å². The van der Waals surface area contributed by atoms with E-state index < -0.39 is 12.2 Å². The molecule has 3 N–H and O–H groups in total. The van der Waals surface area contributed by atoms with Gasteiger partial charge in [0.25, 0.3) is 5.91 Å². The quantitative estimate of drug-likeness (QED) is 0.363. The van der Waals surface area contributed by atoms with Crippen molar-refractivity contribution in [1.29, 1.82) is 0 Å². The van der Waals surface area contributed by atoms with Crippen molar-refractivity contribution >= 4 is 23.1 Å². The monoisotopic (exact) mass is 483 g/mol. The molecule has 2 aromatic carbocycles. The topological polar surface area (TPSA) is 87.8 Å². The number of amides is 1. The van der Waals surface area contributed by atoms with Gasteiger partial charge in [-0.15, -0.1) is 8.78 Å². The summed E-state index contributed by atoms with van der Waals surface area (Å²) in [6.07, 6.45) is -0.964. The zero-order valence-corrected chi connectivity index (χ0v) is 19.5. The van der Waals surface area contributed by atoms with Gasteiger partial charge in [-0.2, -0.15) is 0 Å². The molecule has 0 radical (unpaired) electrons. The van der Waals surface area contributed by atoms with Gasteiger partial charge in [0.05, 0.1) is 5.56 Å². The smallest absolute Gasteiger partial charge is 0.395 e. The number of nitrogens with one attached hydrogen (secondary N) is 3. The second-order valence-corrected chi connectivity index (χ2v) is 8.32. The molecule has 0 saturated heterocycles. The van der Waals surface area contributed by atoms with Crippen LogP contribution in [0.2, 0.25) is 0 Å². The van der Waals surface area contributed by atoms with Crippen LogP contribution in [0.4, 0.5) is 26.0 Å². The second kappa shape index (κ2) is 10.6. The van der Waals surface area contributed by atoms with Gasteiger partial charge in [-0.05, 0) is 69.0 Å². The minimum Gasteiger partial charge on any atom is -0.395 e. The number of anilines is 3. The standard InChI is InChI=1S/C25H27F2N5O3/c1-32(2)13-5-11-28-23-14-17(10-12-29-23)16-30-20-7-4-3-6-19(20)24(33)31-18-8-9-21-22(15-18)35-25(26,27)34-21/h3-4,6-10,12,14-15,30H,5,11,13,16H2,1-2H3,(H,28,29)(H,31,33). The molecule has 0 aliphatic carbocycles. The third-order valence-corrected chi connectivity index (χ3v) is 5.23. The Balaban J connectivity index is 1.37. The predicted octanol–water partition coefficient (Wildman–Crippen LogP) is 4.63. The number of nitrogens with zero attached hydrogens (tertiary/aromatic N) is 2. The highest BCUT2D eigenvalue weighted by molar-refractivity contribution is 6.08. The van der Waals surface area contributed by atoms with Crippen molar-refractivity contribution in [3.63, 3.8) is 0 Å². The van der Waals surface area contributed by atoms with E-state index in [-0.39, 0.29) is 11.5 Å². The molecule has 0 atom stereocenters. The zero-order chi connectivity index (χ0) is 24.8. The van der Waals surface area contributed by atoms with Crippen LogP contribution in [0.3, 0.4) is 0 Å². The van der Waals surface area contributed by atoms with Crippen LogP contribution in [0.5, 0.6) is 11.5 Å². The Bertz CT molecular complexity index is 1190. The Labute approximate surface area is 202 Å². The van der Waals surface area contributed by atoms with Gasteiger partial charge in [-0.25, -0.2) is 4.98 Å². The molecule has 0 saturated carbocycles. The van der Waals surface area contributed by atoms with Crippen molar-refractivity contribution in [2.45, 2.75) is 19.3 Å². The van der Waals surface area contributed by atoms with Gasteiger partial charge >= 0.3 is 6.29 Å². The van der Waals surface area contributed by atoms with Crippen LogP contribution in [-0.4, -0.2) is 49.3 Å². The summed E-state index contributed by atoms with van der Waals surface area (Å²) in [6, 6.07) is 15.0. The van der Waals surface area contributed by atoms with Gasteiger partial charge in [0.2, 0.25) is 0 Å². The lowest BCUT2D eigenvalue weighted by Gasteiger charge is -2.13. The zero-order valence-electron chi connectivity index (χ0n) is 19.5. The van der Waals surface area contributed by atoms with Crippen LogP contribution in [0.25, 0.3) is 0 Å². The molecule has 1 amide bonds. The highest BCUT2D eigenvalue weighted by Gasteiger charge is 2.43. The number of carbonyl (C=O) groups excluding carboxylic acids is 1. The van der Waals surface area contributed by atoms with Crippen LogP contribution in [0.1, 0.15) is 22.3 Å². The molecule has 1 aliphatic rings. The molecular weight excluding hydrogens is 456 g/mol. The van der Waals surface area contributed by atoms with E-state index >= 15 is 0 Å². The number of aromatic nitrogens is 1. The minimum absolute atomic E-state index is 0.0843. The lowest BCUT2D eigenvalue weighted by Crippen LogP contribution is -2.25. The van der Waals surface area contributed by atoms with Crippen LogP contribution < -0.4 is 25.4 Å². The van der Waals surface area contributed by atoms with E-state index in [0.717, 1.165) is 30.9 Å². The molecule has 0 bridgehead atoms. The fourth-order valence-electron chi connectivity index (χ4n) is 3.55. The highest BCUT2D eigenvalue weighted by Crippen LogP contribution is 2.42. The van der Waals surface area contributed by atoms with Crippen molar-refractivity contribution in [1.82, 2.24) is 9.88 Å². The summed E-state index contributed by atoms with van der Waals surface area (Å²) in [7, 11) is 4.08. The summed E-state index contributed by atoms with van der Waals surface area (Å²) in [6.45, 7) is 2.30. The third kappa shape index (κ3) is 6.57. The number of hydrogen-bond acceptors (Lipinski definition) is 7. The van der Waals surface area contributed by atoms with Crippen molar-refractivity contribution in [2.75, 3.05) is 43.1 Å². The second-order valence-electron chi connectivity index (χ2n) is 8.32. The van der Waals surface area contributed by atoms with E-state index in [2.05, 4.69) is 35.3 Å². The summed E-state index contributed by atoms with van der Waals surface area (Å²) >= 11 is 0. The van der Waals surface area contributed by atoms with E-state index in [1.807, 2.05) is 32.3 Å². The van der Waals surface area contributed by atoms with E-state index in [0.29, 0.717) is 23.5 Å². The number of alkyl halides is 2. The molecule has 0 unspecified atom stereocenters. The van der Waals surface area contributed by atoms with Crippen LogP contribution >= 0.6 is 0 Å². The van der Waals surface area contributed by atoms with E-state index in [9.17, 15) is 13.6 Å². The van der Waals surface area contributed by atoms with Crippen molar-refractivity contribution < 1.29 is 23.0 Å². The molecule has 1 aromatic heterocycles. The first-order chi connectivity index (χ1) is 16.8. The number of rotatable bonds is 10. The molecular formula is C25H27F2N5O3. The Morgan fingerprint density at radius 2 is 1.83 bits per heavy atom. The molecule has 0 spiro atoms. The molecule has 35 heavy (non-hydrogen) atoms. The molecule has 3 aromatic rings. The van der Waals surface area contributed by atoms with Gasteiger partial charge in [-0.3, -0.25) is 4.79 Å². The molecule has 2 heterocycles. The number of hydrogen-bond donors (Lipinski definition) is 3. The van der Waals surface area contributed by atoms with Gasteiger partial charge < -0.3 is 30.3 Å². The number of fused-ring (bicyclic) bond motifs is 1. The average molecular weight is 484 g/mol. The normalized spacial score (nSPS) is 13.5. The largest absolute Gasteiger partial charge is 0.586 e. The summed E-state index contributed by atoms with van der Waals surface area (Å²) in [5, 5.41) is 9.33. The lowest BCUT2D eigenvalue weighted by molar-refractivity contribution is -0.286. The van der Waals surface area contributed by atoms with Gasteiger partial charge in [0, 0.05) is 36.7 Å². The highest BCUT2D eigenvalue weighted by atomic mass is 19.3. The van der Waals surface area contributed by atoms with Crippen molar-refractivity contribution in [3.8, 4) is 11.5 Å². The van der Waals surface area contributed by atoms with E-state index in [1.165, 1.54) is 18.2 Å². The minimum atomic E-state index is -3.71. The first kappa shape index (κ1) is 24.2. The summed E-state index contributed by atoms with van der Waals surface area (Å²) in [4.78, 5) is 19.4. The van der Waals surface area contributed by atoms with Crippen molar-refractivity contribution in [3.05, 3.63) is 71.9 Å². The number of para-hydroxylation sites is 1. The maximum Gasteiger partial charge on any atom is 0.586 e. The summed E-state index contributed by atoms with van der Waals surface area (Å²) in [5.41, 5.74) is 2.35. The summed E-state index contributed by atoms with van der Waals surface area (Å²) in [5.74, 6) is 0.182. The Morgan fingerprint density at radius 1 is 1.03 bits per heavy atom. The molecule has 184 valence electrons. The van der Waals surface area contributed by atoms with Crippen LogP contribution in [-0.2, 0) is 6.54 Å². The van der Waals surface area contributed by atoms with Gasteiger partial charge in [-0.1, -0.05) is 12.1 Å². The van der Waals surface area contributed by atoms with E-state index in [4.69, 9.17) is 0 Å². The fourth-order valence-corrected chi connectivity index (χ4v) is 3.55. The molecule has 1 aliphatic heterocycles. The average Bonchev–Trinajstić information content (AvgIpc) is 3.14. The maximum atomic E-state index is 13.3.